The molecule has 0 aliphatic carbocycles. The van der Waals surface area contributed by atoms with E-state index >= 15 is 0 Å². The maximum absolute atomic E-state index is 12.3. The first kappa shape index (κ1) is 14.7. The van der Waals surface area contributed by atoms with Crippen LogP contribution in [0.5, 0.6) is 5.75 Å². The van der Waals surface area contributed by atoms with Crippen LogP contribution in [0, 0.1) is 6.92 Å². The van der Waals surface area contributed by atoms with Gasteiger partial charge in [-0.15, -0.1) is 6.58 Å². The molecule has 1 aromatic rings. The fourth-order valence-corrected chi connectivity index (χ4v) is 1.73. The number of ether oxygens (including phenoxy) is 1. The first-order valence-electron chi connectivity index (χ1n) is 6.11. The number of aryl methyl sites for hydroxylation is 1. The Morgan fingerprint density at radius 2 is 2.06 bits per heavy atom. The number of rotatable bonds is 7. The molecule has 1 unspecified atom stereocenters. The van der Waals surface area contributed by atoms with Crippen LogP contribution in [-0.4, -0.2) is 6.61 Å². The second-order valence-electron chi connectivity index (χ2n) is 4.23. The minimum absolute atomic E-state index is 0.119. The summed E-state index contributed by atoms with van der Waals surface area (Å²) in [7, 11) is 0. The zero-order valence-electron chi connectivity index (χ0n) is 10.7. The number of benzene rings is 1. The van der Waals surface area contributed by atoms with Crippen LogP contribution < -0.4 is 4.74 Å². The molecule has 99 valence electrons. The first-order valence-corrected chi connectivity index (χ1v) is 6.11. The molecule has 0 aliphatic rings. The van der Waals surface area contributed by atoms with Gasteiger partial charge in [-0.2, -0.15) is 8.78 Å². The number of unbranched alkanes of at least 4 members (excludes halogenated alkanes) is 1. The highest BCUT2D eigenvalue weighted by Crippen LogP contribution is 2.25. The lowest BCUT2D eigenvalue weighted by Gasteiger charge is -2.13. The number of halogens is 2. The molecule has 0 aliphatic heterocycles. The van der Waals surface area contributed by atoms with Crippen LogP contribution in [0.2, 0.25) is 0 Å². The van der Waals surface area contributed by atoms with Crippen molar-refractivity contribution >= 4 is 0 Å². The Labute approximate surface area is 107 Å². The fraction of sp³-hybridized carbons (Fsp3) is 0.400. The summed E-state index contributed by atoms with van der Waals surface area (Å²) in [6, 6.07) is 5.25. The summed E-state index contributed by atoms with van der Waals surface area (Å²) in [5.41, 5.74) is 1.86. The Bertz CT molecular complexity index is 388. The predicted octanol–water partition coefficient (Wildman–Crippen LogP) is 4.73. The maximum atomic E-state index is 12.3. The molecule has 0 saturated carbocycles. The van der Waals surface area contributed by atoms with Gasteiger partial charge in [-0.05, 0) is 43.0 Å². The van der Waals surface area contributed by atoms with Gasteiger partial charge in [0.25, 0.3) is 0 Å². The normalized spacial score (nSPS) is 12.5. The van der Waals surface area contributed by atoms with Gasteiger partial charge in [0.2, 0.25) is 0 Å². The van der Waals surface area contributed by atoms with Crippen molar-refractivity contribution in [3.8, 4) is 5.75 Å². The Morgan fingerprint density at radius 3 is 2.61 bits per heavy atom. The van der Waals surface area contributed by atoms with Crippen molar-refractivity contribution in [1.82, 2.24) is 0 Å². The van der Waals surface area contributed by atoms with E-state index in [1.54, 1.807) is 18.2 Å². The van der Waals surface area contributed by atoms with Crippen molar-refractivity contribution in [2.75, 3.05) is 0 Å². The number of hydrogen-bond acceptors (Lipinski definition) is 1. The van der Waals surface area contributed by atoms with Crippen molar-refractivity contribution in [3.05, 3.63) is 48.9 Å². The van der Waals surface area contributed by atoms with E-state index in [1.165, 1.54) is 0 Å². The lowest BCUT2D eigenvalue weighted by atomic mass is 9.97. The number of hydrogen-bond donors (Lipinski definition) is 0. The highest BCUT2D eigenvalue weighted by atomic mass is 19.3. The molecule has 0 spiro atoms. The number of alkyl halides is 2. The Morgan fingerprint density at radius 1 is 1.33 bits per heavy atom. The van der Waals surface area contributed by atoms with Crippen LogP contribution in [0.1, 0.15) is 36.8 Å². The van der Waals surface area contributed by atoms with E-state index in [0.29, 0.717) is 0 Å². The second-order valence-corrected chi connectivity index (χ2v) is 4.23. The number of allylic oxidation sites excluding steroid dienone is 1. The van der Waals surface area contributed by atoms with E-state index in [-0.39, 0.29) is 11.7 Å². The summed E-state index contributed by atoms with van der Waals surface area (Å²) in [5, 5.41) is 0. The topological polar surface area (TPSA) is 9.23 Å². The zero-order chi connectivity index (χ0) is 13.5. The van der Waals surface area contributed by atoms with Crippen LogP contribution in [0.15, 0.2) is 30.9 Å². The van der Waals surface area contributed by atoms with E-state index in [4.69, 9.17) is 0 Å². The smallest absolute Gasteiger partial charge is 0.387 e. The van der Waals surface area contributed by atoms with E-state index < -0.39 is 6.61 Å². The van der Waals surface area contributed by atoms with Crippen molar-refractivity contribution in [2.24, 2.45) is 0 Å². The molecule has 0 saturated heterocycles. The Hall–Kier alpha value is -1.38. The monoisotopic (exact) mass is 253 g/mol. The molecule has 0 aromatic heterocycles. The van der Waals surface area contributed by atoms with Gasteiger partial charge in [0.15, 0.2) is 0 Å². The third-order valence-electron chi connectivity index (χ3n) is 2.75. The van der Waals surface area contributed by atoms with E-state index in [1.807, 2.05) is 6.07 Å². The quantitative estimate of drug-likeness (QED) is 0.638. The molecule has 1 aromatic carbocycles. The molecule has 0 N–H and O–H groups in total. The molecule has 0 bridgehead atoms. The molecule has 0 amide bonds. The molecule has 1 rings (SSSR count). The summed E-state index contributed by atoms with van der Waals surface area (Å²) in [6.07, 6.45) is 4.62. The second kappa shape index (κ2) is 7.14. The summed E-state index contributed by atoms with van der Waals surface area (Å²) in [4.78, 5) is 0. The van der Waals surface area contributed by atoms with Gasteiger partial charge in [-0.1, -0.05) is 25.5 Å². The molecule has 0 heterocycles. The van der Waals surface area contributed by atoms with Gasteiger partial charge in [0.1, 0.15) is 5.75 Å². The zero-order valence-corrected chi connectivity index (χ0v) is 10.7. The standard InChI is InChI=1S/C15H19F2O/c1-4-6-7-12-8-13(11(3)5-2)10-14(9-12)18-15(16)17/h5,8-11,15H,2-4,6-7H2,1H3. The lowest BCUT2D eigenvalue weighted by Crippen LogP contribution is -2.04. The summed E-state index contributed by atoms with van der Waals surface area (Å²) < 4.78 is 29.0. The van der Waals surface area contributed by atoms with Gasteiger partial charge in [-0.3, -0.25) is 0 Å². The molecule has 1 nitrogen and oxygen atoms in total. The lowest BCUT2D eigenvalue weighted by molar-refractivity contribution is -0.0499. The molecule has 0 fully saturated rings. The third-order valence-corrected chi connectivity index (χ3v) is 2.75. The van der Waals surface area contributed by atoms with E-state index in [9.17, 15) is 8.78 Å². The van der Waals surface area contributed by atoms with Gasteiger partial charge in [0, 0.05) is 5.92 Å². The largest absolute Gasteiger partial charge is 0.435 e. The van der Waals surface area contributed by atoms with Crippen LogP contribution in [0.25, 0.3) is 0 Å². The van der Waals surface area contributed by atoms with E-state index in [2.05, 4.69) is 25.2 Å². The Kier molecular flexibility index (Phi) is 5.83. The summed E-state index contributed by atoms with van der Waals surface area (Å²) in [6.45, 7) is 6.87. The summed E-state index contributed by atoms with van der Waals surface area (Å²) in [5.74, 6) is 0.0794. The highest BCUT2D eigenvalue weighted by molar-refractivity contribution is 5.38. The Balaban J connectivity index is 2.99. The predicted molar refractivity (Wildman–Crippen MR) is 70.0 cm³/mol. The third kappa shape index (κ3) is 4.47. The SMILES string of the molecule is [CH2]C(C=C)c1cc(CCCC)cc(OC(F)F)c1. The average Bonchev–Trinajstić information content (AvgIpc) is 2.34. The van der Waals surface area contributed by atoms with Crippen LogP contribution in [-0.2, 0) is 6.42 Å². The van der Waals surface area contributed by atoms with Gasteiger partial charge in [0.05, 0.1) is 0 Å². The van der Waals surface area contributed by atoms with E-state index in [0.717, 1.165) is 30.4 Å². The molecule has 1 atom stereocenters. The maximum Gasteiger partial charge on any atom is 0.387 e. The van der Waals surface area contributed by atoms with Gasteiger partial charge >= 0.3 is 6.61 Å². The average molecular weight is 253 g/mol. The molecule has 1 radical (unpaired) electrons. The highest BCUT2D eigenvalue weighted by Gasteiger charge is 2.10. The van der Waals surface area contributed by atoms with Gasteiger partial charge < -0.3 is 4.74 Å². The molecule has 3 heteroatoms. The van der Waals surface area contributed by atoms with Crippen LogP contribution >= 0.6 is 0 Å². The van der Waals surface area contributed by atoms with Gasteiger partial charge in [-0.25, -0.2) is 0 Å². The minimum atomic E-state index is -2.80. The van der Waals surface area contributed by atoms with Crippen molar-refractivity contribution in [2.45, 2.75) is 38.7 Å². The van der Waals surface area contributed by atoms with Crippen LogP contribution in [0.4, 0.5) is 8.78 Å². The molecular weight excluding hydrogens is 234 g/mol. The molecular formula is C15H19F2O. The fourth-order valence-electron chi connectivity index (χ4n) is 1.73. The van der Waals surface area contributed by atoms with Crippen LogP contribution in [0.3, 0.4) is 0 Å². The molecule has 18 heavy (non-hydrogen) atoms. The van der Waals surface area contributed by atoms with Crippen molar-refractivity contribution in [1.29, 1.82) is 0 Å². The van der Waals surface area contributed by atoms with Crippen molar-refractivity contribution < 1.29 is 13.5 Å². The first-order chi connectivity index (χ1) is 8.56. The summed E-state index contributed by atoms with van der Waals surface area (Å²) >= 11 is 0. The minimum Gasteiger partial charge on any atom is -0.435 e. The van der Waals surface area contributed by atoms with Crippen molar-refractivity contribution in [3.63, 3.8) is 0 Å².